The maximum Gasteiger partial charge on any atom is 0.0899 e. The van der Waals surface area contributed by atoms with Gasteiger partial charge in [-0.15, -0.1) is 0 Å². The Morgan fingerprint density at radius 2 is 1.95 bits per heavy atom. The molecule has 0 aliphatic heterocycles. The number of nitrogens with one attached hydrogen (secondary N) is 1. The fourth-order valence-corrected chi connectivity index (χ4v) is 3.66. The molecule has 0 radical (unpaired) electrons. The first kappa shape index (κ1) is 17.2. The van der Waals surface area contributed by atoms with Crippen LogP contribution in [0, 0.1) is 11.3 Å². The second kappa shape index (κ2) is 7.91. The number of methoxy groups -OCH3 is 1. The van der Waals surface area contributed by atoms with Crippen molar-refractivity contribution in [2.24, 2.45) is 11.3 Å². The molecule has 4 heteroatoms. The highest BCUT2D eigenvalue weighted by Gasteiger charge is 2.36. The quantitative estimate of drug-likeness (QED) is 0.682. The van der Waals surface area contributed by atoms with Crippen molar-refractivity contribution < 1.29 is 9.84 Å². The Bertz CT molecular complexity index is 299. The Morgan fingerprint density at radius 1 is 1.29 bits per heavy atom. The van der Waals surface area contributed by atoms with Crippen molar-refractivity contribution in [2.45, 2.75) is 57.6 Å². The first-order chi connectivity index (χ1) is 10.0. The molecule has 1 unspecified atom stereocenters. The highest BCUT2D eigenvalue weighted by molar-refractivity contribution is 4.92. The van der Waals surface area contributed by atoms with Crippen molar-refractivity contribution in [1.82, 2.24) is 10.2 Å². The second-order valence-electron chi connectivity index (χ2n) is 7.64. The first-order valence-electron chi connectivity index (χ1n) is 8.62. The molecular formula is C17H34N2O2. The van der Waals surface area contributed by atoms with Crippen molar-refractivity contribution >= 4 is 0 Å². The summed E-state index contributed by atoms with van der Waals surface area (Å²) < 4.78 is 5.03. The third-order valence-electron chi connectivity index (χ3n) is 5.16. The summed E-state index contributed by atoms with van der Waals surface area (Å²) in [7, 11) is 3.78. The zero-order chi connectivity index (χ0) is 15.3. The maximum atomic E-state index is 9.92. The van der Waals surface area contributed by atoms with E-state index >= 15 is 0 Å². The fourth-order valence-electron chi connectivity index (χ4n) is 3.66. The molecule has 0 amide bonds. The third-order valence-corrected chi connectivity index (χ3v) is 5.16. The SMILES string of the molecule is COCC(O)CN(C)CC1(CNC2CC2)CCC(C)CC1. The van der Waals surface area contributed by atoms with Crippen LogP contribution in [0.4, 0.5) is 0 Å². The van der Waals surface area contributed by atoms with Gasteiger partial charge in [-0.25, -0.2) is 0 Å². The number of ether oxygens (including phenoxy) is 1. The molecule has 2 rings (SSSR count). The number of likely N-dealkylation sites (N-methyl/N-ethyl adjacent to an activating group) is 1. The monoisotopic (exact) mass is 298 g/mol. The minimum atomic E-state index is -0.379. The summed E-state index contributed by atoms with van der Waals surface area (Å²) in [6, 6.07) is 0.783. The molecule has 0 saturated heterocycles. The van der Waals surface area contributed by atoms with Crippen molar-refractivity contribution in [3.05, 3.63) is 0 Å². The summed E-state index contributed by atoms with van der Waals surface area (Å²) in [5, 5.41) is 13.7. The normalized spacial score (nSPS) is 31.6. The second-order valence-corrected chi connectivity index (χ2v) is 7.64. The van der Waals surface area contributed by atoms with Crippen LogP contribution in [-0.2, 0) is 4.74 Å². The molecule has 0 bridgehead atoms. The molecule has 21 heavy (non-hydrogen) atoms. The van der Waals surface area contributed by atoms with Gasteiger partial charge < -0.3 is 20.1 Å². The lowest BCUT2D eigenvalue weighted by molar-refractivity contribution is 0.0250. The van der Waals surface area contributed by atoms with Gasteiger partial charge in [0.15, 0.2) is 0 Å². The summed E-state index contributed by atoms with van der Waals surface area (Å²) in [5.74, 6) is 0.878. The van der Waals surface area contributed by atoms with Crippen LogP contribution in [0.3, 0.4) is 0 Å². The van der Waals surface area contributed by atoms with E-state index in [0.29, 0.717) is 18.6 Å². The number of nitrogens with zero attached hydrogens (tertiary/aromatic N) is 1. The van der Waals surface area contributed by atoms with E-state index in [4.69, 9.17) is 4.74 Å². The lowest BCUT2D eigenvalue weighted by Crippen LogP contribution is -2.47. The lowest BCUT2D eigenvalue weighted by atomic mass is 9.70. The third kappa shape index (κ3) is 5.85. The molecule has 4 nitrogen and oxygen atoms in total. The summed E-state index contributed by atoms with van der Waals surface area (Å²) in [4.78, 5) is 2.30. The summed E-state index contributed by atoms with van der Waals surface area (Å²) >= 11 is 0. The number of aliphatic hydroxyl groups is 1. The van der Waals surface area contributed by atoms with Gasteiger partial charge in [-0.3, -0.25) is 0 Å². The van der Waals surface area contributed by atoms with E-state index in [9.17, 15) is 5.11 Å². The summed E-state index contributed by atoms with van der Waals surface area (Å²) in [6.45, 7) is 5.74. The van der Waals surface area contributed by atoms with Gasteiger partial charge in [0.05, 0.1) is 12.7 Å². The molecule has 2 aliphatic carbocycles. The van der Waals surface area contributed by atoms with E-state index in [2.05, 4.69) is 24.2 Å². The van der Waals surface area contributed by atoms with Gasteiger partial charge in [-0.05, 0) is 44.1 Å². The molecule has 0 aromatic carbocycles. The van der Waals surface area contributed by atoms with Gasteiger partial charge in [0.2, 0.25) is 0 Å². The van der Waals surface area contributed by atoms with Crippen molar-refractivity contribution in [2.75, 3.05) is 40.4 Å². The molecule has 2 saturated carbocycles. The standard InChI is InChI=1S/C17H34N2O2/c1-14-6-8-17(9-7-14,12-18-15-4-5-15)13-19(2)10-16(20)11-21-3/h14-16,18,20H,4-13H2,1-3H3. The van der Waals surface area contributed by atoms with Gasteiger partial charge in [-0.2, -0.15) is 0 Å². The molecule has 1 atom stereocenters. The molecule has 0 spiro atoms. The zero-order valence-electron chi connectivity index (χ0n) is 14.1. The molecule has 2 N–H and O–H groups in total. The largest absolute Gasteiger partial charge is 0.389 e. The first-order valence-corrected chi connectivity index (χ1v) is 8.62. The van der Waals surface area contributed by atoms with Gasteiger partial charge >= 0.3 is 0 Å². The van der Waals surface area contributed by atoms with Gasteiger partial charge in [0, 0.05) is 32.8 Å². The fraction of sp³-hybridized carbons (Fsp3) is 1.00. The summed E-state index contributed by atoms with van der Waals surface area (Å²) in [6.07, 6.45) is 7.67. The van der Waals surface area contributed by atoms with E-state index < -0.39 is 0 Å². The van der Waals surface area contributed by atoms with E-state index in [-0.39, 0.29) is 6.10 Å². The van der Waals surface area contributed by atoms with E-state index in [1.54, 1.807) is 7.11 Å². The number of hydrogen-bond acceptors (Lipinski definition) is 4. The molecule has 2 aliphatic rings. The summed E-state index contributed by atoms with van der Waals surface area (Å²) in [5.41, 5.74) is 0.399. The van der Waals surface area contributed by atoms with Crippen molar-refractivity contribution in [3.63, 3.8) is 0 Å². The van der Waals surface area contributed by atoms with Gasteiger partial charge in [-0.1, -0.05) is 19.8 Å². The zero-order valence-corrected chi connectivity index (χ0v) is 14.1. The van der Waals surface area contributed by atoms with Crippen LogP contribution in [0.2, 0.25) is 0 Å². The van der Waals surface area contributed by atoms with Gasteiger partial charge in [0.25, 0.3) is 0 Å². The van der Waals surface area contributed by atoms with Crippen LogP contribution in [0.5, 0.6) is 0 Å². The minimum Gasteiger partial charge on any atom is -0.389 e. The average Bonchev–Trinajstić information content (AvgIpc) is 3.24. The topological polar surface area (TPSA) is 44.7 Å². The predicted molar refractivity (Wildman–Crippen MR) is 86.5 cm³/mol. The highest BCUT2D eigenvalue weighted by atomic mass is 16.5. The van der Waals surface area contributed by atoms with Crippen LogP contribution in [-0.4, -0.2) is 62.6 Å². The number of aliphatic hydroxyl groups excluding tert-OH is 1. The Labute approximate surface area is 130 Å². The van der Waals surface area contributed by atoms with Crippen LogP contribution in [0.15, 0.2) is 0 Å². The Kier molecular flexibility index (Phi) is 6.48. The van der Waals surface area contributed by atoms with E-state index in [1.807, 2.05) is 0 Å². The maximum absolute atomic E-state index is 9.92. The van der Waals surface area contributed by atoms with Crippen molar-refractivity contribution in [3.8, 4) is 0 Å². The lowest BCUT2D eigenvalue weighted by Gasteiger charge is -2.42. The Balaban J connectivity index is 1.84. The number of hydrogen-bond donors (Lipinski definition) is 2. The molecular weight excluding hydrogens is 264 g/mol. The minimum absolute atomic E-state index is 0.379. The highest BCUT2D eigenvalue weighted by Crippen LogP contribution is 2.39. The Morgan fingerprint density at radius 3 is 2.52 bits per heavy atom. The van der Waals surface area contributed by atoms with Crippen LogP contribution in [0.1, 0.15) is 45.4 Å². The smallest absolute Gasteiger partial charge is 0.0899 e. The van der Waals surface area contributed by atoms with E-state index in [0.717, 1.165) is 25.0 Å². The molecule has 2 fully saturated rings. The predicted octanol–water partition coefficient (Wildman–Crippen LogP) is 1.87. The molecule has 0 aromatic heterocycles. The molecule has 0 heterocycles. The van der Waals surface area contributed by atoms with Crippen LogP contribution < -0.4 is 5.32 Å². The van der Waals surface area contributed by atoms with E-state index in [1.165, 1.54) is 38.5 Å². The number of rotatable bonds is 9. The van der Waals surface area contributed by atoms with Crippen LogP contribution in [0.25, 0.3) is 0 Å². The average molecular weight is 298 g/mol. The van der Waals surface area contributed by atoms with Gasteiger partial charge in [0.1, 0.15) is 0 Å². The van der Waals surface area contributed by atoms with Crippen LogP contribution >= 0.6 is 0 Å². The Hall–Kier alpha value is -0.160. The van der Waals surface area contributed by atoms with Crippen molar-refractivity contribution in [1.29, 1.82) is 0 Å². The molecule has 124 valence electrons. The molecule has 0 aromatic rings.